The summed E-state index contributed by atoms with van der Waals surface area (Å²) >= 11 is 0. The molecule has 1 aliphatic heterocycles. The van der Waals surface area contributed by atoms with Crippen molar-refractivity contribution in [2.24, 2.45) is 0 Å². The number of para-hydroxylation sites is 1. The van der Waals surface area contributed by atoms with Crippen LogP contribution in [-0.4, -0.2) is 53.3 Å². The summed E-state index contributed by atoms with van der Waals surface area (Å²) in [7, 11) is 0. The van der Waals surface area contributed by atoms with E-state index in [1.54, 1.807) is 0 Å². The number of piperidine rings is 1. The summed E-state index contributed by atoms with van der Waals surface area (Å²) in [6.45, 7) is 3.16. The zero-order valence-electron chi connectivity index (χ0n) is 16.3. The topological polar surface area (TPSA) is 94.3 Å². The smallest absolute Gasteiger partial charge is 0.245 e. The van der Waals surface area contributed by atoms with Crippen molar-refractivity contribution in [2.75, 3.05) is 19.6 Å². The van der Waals surface area contributed by atoms with Gasteiger partial charge in [-0.3, -0.25) is 14.4 Å². The Hall–Kier alpha value is -2.83. The molecule has 3 rings (SSSR count). The molecule has 150 valence electrons. The van der Waals surface area contributed by atoms with Crippen molar-refractivity contribution >= 4 is 28.6 Å². The van der Waals surface area contributed by atoms with Crippen LogP contribution in [0.25, 0.3) is 10.9 Å². The minimum absolute atomic E-state index is 0.0298. The summed E-state index contributed by atoms with van der Waals surface area (Å²) in [5.41, 5.74) is 2.02. The molecule has 1 unspecified atom stereocenters. The largest absolute Gasteiger partial charge is 0.361 e. The van der Waals surface area contributed by atoms with Crippen molar-refractivity contribution in [1.29, 1.82) is 0 Å². The van der Waals surface area contributed by atoms with E-state index in [1.165, 1.54) is 6.92 Å². The number of nitrogens with one attached hydrogen (secondary N) is 3. The predicted molar refractivity (Wildman–Crippen MR) is 108 cm³/mol. The molecule has 3 amide bonds. The minimum atomic E-state index is -0.609. The Balaban J connectivity index is 1.72. The first-order chi connectivity index (χ1) is 13.5. The molecule has 2 aromatic rings. The second-order valence-corrected chi connectivity index (χ2v) is 7.30. The molecule has 7 heteroatoms. The molecular formula is C21H28N4O3. The number of H-pyrrole nitrogens is 1. The van der Waals surface area contributed by atoms with E-state index in [-0.39, 0.29) is 30.7 Å². The second kappa shape index (κ2) is 9.39. The second-order valence-electron chi connectivity index (χ2n) is 7.30. The standard InChI is InChI=1S/C21H28N4O3/c1-15(26)22-10-9-20(27)24-19(21(28)25-11-5-2-6-12-25)13-16-14-23-18-8-4-3-7-17(16)18/h3-4,7-8,14,19,23H,2,5-6,9-13H2,1H3,(H,22,26)(H,24,27). The molecule has 0 saturated carbocycles. The van der Waals surface area contributed by atoms with E-state index in [1.807, 2.05) is 35.4 Å². The fourth-order valence-corrected chi connectivity index (χ4v) is 3.67. The number of aromatic nitrogens is 1. The normalized spacial score (nSPS) is 15.2. The lowest BCUT2D eigenvalue weighted by Gasteiger charge is -2.30. The number of amides is 3. The lowest BCUT2D eigenvalue weighted by molar-refractivity contribution is -0.137. The molecule has 28 heavy (non-hydrogen) atoms. The summed E-state index contributed by atoms with van der Waals surface area (Å²) < 4.78 is 0. The van der Waals surface area contributed by atoms with Gasteiger partial charge < -0.3 is 20.5 Å². The third-order valence-electron chi connectivity index (χ3n) is 5.13. The third kappa shape index (κ3) is 5.12. The fraction of sp³-hybridized carbons (Fsp3) is 0.476. The van der Waals surface area contributed by atoms with Crippen molar-refractivity contribution in [1.82, 2.24) is 20.5 Å². The van der Waals surface area contributed by atoms with Gasteiger partial charge in [-0.15, -0.1) is 0 Å². The van der Waals surface area contributed by atoms with Gasteiger partial charge in [-0.05, 0) is 30.9 Å². The number of likely N-dealkylation sites (tertiary alicyclic amines) is 1. The van der Waals surface area contributed by atoms with Crippen LogP contribution in [0.5, 0.6) is 0 Å². The molecule has 0 spiro atoms. The fourth-order valence-electron chi connectivity index (χ4n) is 3.67. The number of aromatic amines is 1. The van der Waals surface area contributed by atoms with E-state index >= 15 is 0 Å². The Morgan fingerprint density at radius 1 is 1.14 bits per heavy atom. The van der Waals surface area contributed by atoms with Crippen molar-refractivity contribution in [3.63, 3.8) is 0 Å². The average Bonchev–Trinajstić information content (AvgIpc) is 3.10. The molecule has 7 nitrogen and oxygen atoms in total. The monoisotopic (exact) mass is 384 g/mol. The van der Waals surface area contributed by atoms with Crippen LogP contribution in [-0.2, 0) is 20.8 Å². The van der Waals surface area contributed by atoms with E-state index in [2.05, 4.69) is 15.6 Å². The van der Waals surface area contributed by atoms with Crippen LogP contribution in [0, 0.1) is 0 Å². The van der Waals surface area contributed by atoms with Crippen LogP contribution < -0.4 is 10.6 Å². The Bertz CT molecular complexity index is 839. The molecule has 0 bridgehead atoms. The zero-order chi connectivity index (χ0) is 19.9. The highest BCUT2D eigenvalue weighted by molar-refractivity contribution is 5.90. The van der Waals surface area contributed by atoms with Gasteiger partial charge >= 0.3 is 0 Å². The molecule has 0 aliphatic carbocycles. The van der Waals surface area contributed by atoms with Crippen LogP contribution in [0.4, 0.5) is 0 Å². The summed E-state index contributed by atoms with van der Waals surface area (Å²) in [6, 6.07) is 7.33. The Labute approximate surface area is 164 Å². The molecule has 0 radical (unpaired) electrons. The predicted octanol–water partition coefficient (Wildman–Crippen LogP) is 1.73. The van der Waals surface area contributed by atoms with E-state index in [0.29, 0.717) is 6.42 Å². The Morgan fingerprint density at radius 2 is 1.89 bits per heavy atom. The highest BCUT2D eigenvalue weighted by Gasteiger charge is 2.27. The van der Waals surface area contributed by atoms with Crippen molar-refractivity contribution in [3.8, 4) is 0 Å². The number of hydrogen-bond acceptors (Lipinski definition) is 3. The first-order valence-electron chi connectivity index (χ1n) is 9.92. The molecule has 1 saturated heterocycles. The number of nitrogens with zero attached hydrogens (tertiary/aromatic N) is 1. The van der Waals surface area contributed by atoms with Gasteiger partial charge in [-0.1, -0.05) is 18.2 Å². The summed E-state index contributed by atoms with van der Waals surface area (Å²) in [5.74, 6) is -0.436. The van der Waals surface area contributed by atoms with Gasteiger partial charge in [0.25, 0.3) is 0 Å². The maximum absolute atomic E-state index is 13.1. The van der Waals surface area contributed by atoms with Crippen molar-refractivity contribution in [2.45, 2.75) is 45.1 Å². The first-order valence-corrected chi connectivity index (χ1v) is 9.92. The number of carbonyl (C=O) groups excluding carboxylic acids is 3. The summed E-state index contributed by atoms with van der Waals surface area (Å²) in [6.07, 6.45) is 5.64. The lowest BCUT2D eigenvalue weighted by atomic mass is 10.0. The van der Waals surface area contributed by atoms with Crippen LogP contribution in [0.1, 0.15) is 38.2 Å². The van der Waals surface area contributed by atoms with Gasteiger partial charge in [0.15, 0.2) is 0 Å². The quantitative estimate of drug-likeness (QED) is 0.679. The van der Waals surface area contributed by atoms with Gasteiger partial charge in [0, 0.05) is 56.5 Å². The number of carbonyl (C=O) groups is 3. The van der Waals surface area contributed by atoms with Crippen LogP contribution in [0.15, 0.2) is 30.5 Å². The molecule has 1 atom stereocenters. The number of fused-ring (bicyclic) bond motifs is 1. The van der Waals surface area contributed by atoms with Crippen molar-refractivity contribution in [3.05, 3.63) is 36.0 Å². The highest BCUT2D eigenvalue weighted by atomic mass is 16.2. The molecule has 3 N–H and O–H groups in total. The van der Waals surface area contributed by atoms with Gasteiger partial charge in [-0.25, -0.2) is 0 Å². The highest BCUT2D eigenvalue weighted by Crippen LogP contribution is 2.20. The van der Waals surface area contributed by atoms with E-state index in [9.17, 15) is 14.4 Å². The number of hydrogen-bond donors (Lipinski definition) is 3. The van der Waals surface area contributed by atoms with E-state index in [0.717, 1.165) is 48.8 Å². The van der Waals surface area contributed by atoms with Gasteiger partial charge in [0.2, 0.25) is 17.7 Å². The Morgan fingerprint density at radius 3 is 2.64 bits per heavy atom. The lowest BCUT2D eigenvalue weighted by Crippen LogP contribution is -2.51. The molecule has 1 aromatic heterocycles. The summed E-state index contributed by atoms with van der Waals surface area (Å²) in [5, 5.41) is 6.57. The maximum Gasteiger partial charge on any atom is 0.245 e. The number of benzene rings is 1. The molecule has 1 fully saturated rings. The summed E-state index contributed by atoms with van der Waals surface area (Å²) in [4.78, 5) is 41.6. The van der Waals surface area contributed by atoms with Crippen LogP contribution in [0.3, 0.4) is 0 Å². The first kappa shape index (κ1) is 19.9. The van der Waals surface area contributed by atoms with Crippen LogP contribution in [0.2, 0.25) is 0 Å². The minimum Gasteiger partial charge on any atom is -0.361 e. The maximum atomic E-state index is 13.1. The molecule has 2 heterocycles. The van der Waals surface area contributed by atoms with Gasteiger partial charge in [0.05, 0.1) is 0 Å². The molecular weight excluding hydrogens is 356 g/mol. The van der Waals surface area contributed by atoms with Crippen molar-refractivity contribution < 1.29 is 14.4 Å². The van der Waals surface area contributed by atoms with Gasteiger partial charge in [0.1, 0.15) is 6.04 Å². The molecule has 1 aliphatic rings. The number of rotatable bonds is 7. The third-order valence-corrected chi connectivity index (χ3v) is 5.13. The average molecular weight is 384 g/mol. The zero-order valence-corrected chi connectivity index (χ0v) is 16.3. The van der Waals surface area contributed by atoms with E-state index < -0.39 is 6.04 Å². The van der Waals surface area contributed by atoms with Crippen LogP contribution >= 0.6 is 0 Å². The SMILES string of the molecule is CC(=O)NCCC(=O)NC(Cc1c[nH]c2ccccc12)C(=O)N1CCCCC1. The van der Waals surface area contributed by atoms with Gasteiger partial charge in [-0.2, -0.15) is 0 Å². The molecule has 1 aromatic carbocycles. The Kier molecular flexibility index (Phi) is 6.68. The van der Waals surface area contributed by atoms with E-state index in [4.69, 9.17) is 0 Å².